The number of imide groups is 1. The van der Waals surface area contributed by atoms with Crippen molar-refractivity contribution in [3.05, 3.63) is 36.5 Å². The highest BCUT2D eigenvalue weighted by Gasteiger charge is 2.49. The maximum absolute atomic E-state index is 13.5. The number of amides is 5. The molecular formula is C23H27N6O5+. The van der Waals surface area contributed by atoms with Crippen molar-refractivity contribution in [2.75, 3.05) is 52.2 Å². The molecule has 3 aliphatic rings. The Kier molecular flexibility index (Phi) is 6.44. The first-order chi connectivity index (χ1) is 16.3. The number of aliphatic imine (C=N–C) groups is 1. The van der Waals surface area contributed by atoms with Gasteiger partial charge in [-0.15, -0.1) is 0 Å². The van der Waals surface area contributed by atoms with Gasteiger partial charge in [0.25, 0.3) is 5.91 Å². The molecule has 0 spiro atoms. The molecule has 1 aromatic rings. The van der Waals surface area contributed by atoms with Crippen LogP contribution < -0.4 is 10.1 Å². The van der Waals surface area contributed by atoms with E-state index in [-0.39, 0.29) is 5.91 Å². The van der Waals surface area contributed by atoms with Gasteiger partial charge in [-0.3, -0.25) is 24.2 Å². The zero-order chi connectivity index (χ0) is 24.4. The summed E-state index contributed by atoms with van der Waals surface area (Å²) < 4.78 is 7.27. The number of hydrogen-bond acceptors (Lipinski definition) is 6. The quantitative estimate of drug-likeness (QED) is 0.644. The number of methoxy groups -OCH3 is 1. The molecule has 11 nitrogen and oxygen atoms in total. The number of ether oxygens (including phenoxy) is 1. The van der Waals surface area contributed by atoms with E-state index >= 15 is 0 Å². The molecule has 2 saturated heterocycles. The van der Waals surface area contributed by atoms with E-state index in [4.69, 9.17) is 4.74 Å². The van der Waals surface area contributed by atoms with Gasteiger partial charge in [-0.2, -0.15) is 0 Å². The van der Waals surface area contributed by atoms with Gasteiger partial charge >= 0.3 is 6.03 Å². The first-order valence-corrected chi connectivity index (χ1v) is 10.9. The molecule has 0 saturated carbocycles. The number of nitrogens with zero attached hydrogens (tertiary/aromatic N) is 5. The van der Waals surface area contributed by atoms with E-state index in [9.17, 15) is 19.2 Å². The van der Waals surface area contributed by atoms with Gasteiger partial charge < -0.3 is 15.0 Å². The fourth-order valence-corrected chi connectivity index (χ4v) is 4.33. The molecule has 4 rings (SSSR count). The zero-order valence-electron chi connectivity index (χ0n) is 19.4. The summed E-state index contributed by atoms with van der Waals surface area (Å²) in [6.07, 6.45) is 3.33. The largest absolute Gasteiger partial charge is 0.495 e. The molecule has 1 aromatic carbocycles. The number of hydrogen-bond donors (Lipinski definition) is 1. The Bertz CT molecular complexity index is 1130. The SMILES string of the molecule is COc1ccccc1NC(=O)CN1C(=O)C2C(=NC=CC2=[N+]2CCN(C(C)=O)CC2)N(C)C1=O. The highest BCUT2D eigenvalue weighted by atomic mass is 16.5. The van der Waals surface area contributed by atoms with E-state index in [1.54, 1.807) is 41.4 Å². The van der Waals surface area contributed by atoms with Crippen molar-refractivity contribution >= 4 is 41.0 Å². The maximum atomic E-state index is 13.5. The summed E-state index contributed by atoms with van der Waals surface area (Å²) >= 11 is 0. The molecule has 3 aliphatic heterocycles. The summed E-state index contributed by atoms with van der Waals surface area (Å²) in [5.74, 6) is -1.04. The van der Waals surface area contributed by atoms with Crippen LogP contribution in [0.3, 0.4) is 0 Å². The average molecular weight is 468 g/mol. The number of rotatable bonds is 4. The van der Waals surface area contributed by atoms with E-state index < -0.39 is 30.3 Å². The molecule has 1 atom stereocenters. The number of fused-ring (bicyclic) bond motifs is 1. The lowest BCUT2D eigenvalue weighted by Gasteiger charge is -2.37. The number of allylic oxidation sites excluding steroid dienone is 1. The molecule has 3 heterocycles. The maximum Gasteiger partial charge on any atom is 0.332 e. The van der Waals surface area contributed by atoms with E-state index in [0.717, 1.165) is 4.90 Å². The highest BCUT2D eigenvalue weighted by Crippen LogP contribution is 2.25. The first-order valence-electron chi connectivity index (χ1n) is 10.9. The van der Waals surface area contributed by atoms with Crippen LogP contribution in [0.25, 0.3) is 0 Å². The van der Waals surface area contributed by atoms with E-state index in [0.29, 0.717) is 49.2 Å². The smallest absolute Gasteiger partial charge is 0.332 e. The second-order valence-corrected chi connectivity index (χ2v) is 8.17. The topological polar surface area (TPSA) is 115 Å². The van der Waals surface area contributed by atoms with Crippen molar-refractivity contribution in [1.82, 2.24) is 14.7 Å². The Morgan fingerprint density at radius 1 is 1.21 bits per heavy atom. The van der Waals surface area contributed by atoms with Crippen LogP contribution in [0.1, 0.15) is 6.92 Å². The van der Waals surface area contributed by atoms with Gasteiger partial charge in [-0.25, -0.2) is 14.4 Å². The van der Waals surface area contributed by atoms with Crippen molar-refractivity contribution in [1.29, 1.82) is 0 Å². The Morgan fingerprint density at radius 2 is 1.91 bits per heavy atom. The predicted molar refractivity (Wildman–Crippen MR) is 124 cm³/mol. The number of piperazine rings is 1. The number of benzene rings is 1. The molecule has 5 amide bonds. The molecule has 0 aliphatic carbocycles. The van der Waals surface area contributed by atoms with Crippen LogP contribution in [0.5, 0.6) is 5.75 Å². The summed E-state index contributed by atoms with van der Waals surface area (Å²) in [6, 6.07) is 6.27. The Hall–Kier alpha value is -4.02. The molecule has 2 fully saturated rings. The van der Waals surface area contributed by atoms with E-state index in [1.807, 2.05) is 4.58 Å². The van der Waals surface area contributed by atoms with Crippen LogP contribution >= 0.6 is 0 Å². The Balaban J connectivity index is 1.56. The summed E-state index contributed by atoms with van der Waals surface area (Å²) in [6.45, 7) is 3.29. The molecule has 0 radical (unpaired) electrons. The van der Waals surface area contributed by atoms with Crippen molar-refractivity contribution in [3.8, 4) is 5.75 Å². The number of anilines is 1. The van der Waals surface area contributed by atoms with Gasteiger partial charge in [-0.1, -0.05) is 12.1 Å². The number of nitrogens with one attached hydrogen (secondary N) is 1. The van der Waals surface area contributed by atoms with Gasteiger partial charge in [0.2, 0.25) is 11.8 Å². The fraction of sp³-hybridized carbons (Fsp3) is 0.391. The van der Waals surface area contributed by atoms with E-state index in [1.165, 1.54) is 26.0 Å². The van der Waals surface area contributed by atoms with Crippen LogP contribution in [-0.2, 0) is 14.4 Å². The minimum atomic E-state index is -0.810. The molecule has 0 aromatic heterocycles. The van der Waals surface area contributed by atoms with Gasteiger partial charge in [0, 0.05) is 26.2 Å². The van der Waals surface area contributed by atoms with Crippen LogP contribution in [0.15, 0.2) is 41.5 Å². The number of para-hydroxylation sites is 2. The van der Waals surface area contributed by atoms with Crippen molar-refractivity contribution in [2.24, 2.45) is 10.9 Å². The van der Waals surface area contributed by atoms with Gasteiger partial charge in [0.1, 0.15) is 18.1 Å². The van der Waals surface area contributed by atoms with Crippen molar-refractivity contribution < 1.29 is 28.5 Å². The Morgan fingerprint density at radius 3 is 2.59 bits per heavy atom. The summed E-state index contributed by atoms with van der Waals surface area (Å²) in [5.41, 5.74) is 1.14. The second kappa shape index (κ2) is 9.46. The molecule has 1 unspecified atom stereocenters. The fourth-order valence-electron chi connectivity index (χ4n) is 4.33. The zero-order valence-corrected chi connectivity index (χ0v) is 19.4. The normalized spacial score (nSPS) is 20.3. The number of urea groups is 1. The molecule has 178 valence electrons. The lowest BCUT2D eigenvalue weighted by Crippen LogP contribution is -2.63. The van der Waals surface area contributed by atoms with Crippen LogP contribution in [0.2, 0.25) is 0 Å². The standard InChI is InChI=1S/C23H26N6O5/c1-15(30)27-10-12-28(13-11-27)17-8-9-24-21-20(17)22(32)29(23(33)26(21)2)14-19(31)25-16-6-4-5-7-18(16)34-3/h4-9,20H,10-14H2,1-3H3/p+1. The van der Waals surface area contributed by atoms with Gasteiger partial charge in [0.15, 0.2) is 24.7 Å². The van der Waals surface area contributed by atoms with Crippen LogP contribution in [-0.4, -0.2) is 101 Å². The monoisotopic (exact) mass is 467 g/mol. The van der Waals surface area contributed by atoms with Crippen molar-refractivity contribution in [3.63, 3.8) is 0 Å². The van der Waals surface area contributed by atoms with Crippen molar-refractivity contribution in [2.45, 2.75) is 6.92 Å². The third-order valence-corrected chi connectivity index (χ3v) is 6.15. The van der Waals surface area contributed by atoms with Crippen LogP contribution in [0.4, 0.5) is 10.5 Å². The van der Waals surface area contributed by atoms with E-state index in [2.05, 4.69) is 10.3 Å². The van der Waals surface area contributed by atoms with Gasteiger partial charge in [0.05, 0.1) is 25.9 Å². The molecule has 0 bridgehead atoms. The summed E-state index contributed by atoms with van der Waals surface area (Å²) in [4.78, 5) is 59.2. The number of carbonyl (C=O) groups is 4. The summed E-state index contributed by atoms with van der Waals surface area (Å²) in [7, 11) is 3.03. The molecule has 11 heteroatoms. The van der Waals surface area contributed by atoms with Gasteiger partial charge in [-0.05, 0) is 12.1 Å². The number of amidine groups is 1. The highest BCUT2D eigenvalue weighted by molar-refractivity contribution is 6.31. The Labute approximate surface area is 197 Å². The summed E-state index contributed by atoms with van der Waals surface area (Å²) in [5, 5.41) is 2.70. The molecular weight excluding hydrogens is 440 g/mol. The minimum Gasteiger partial charge on any atom is -0.495 e. The lowest BCUT2D eigenvalue weighted by molar-refractivity contribution is -0.538. The third-order valence-electron chi connectivity index (χ3n) is 6.15. The third kappa shape index (κ3) is 4.28. The predicted octanol–water partition coefficient (Wildman–Crippen LogP) is 0.385. The minimum absolute atomic E-state index is 0.0115. The number of carbonyl (C=O) groups excluding carboxylic acids is 4. The lowest BCUT2D eigenvalue weighted by atomic mass is 9.94. The van der Waals surface area contributed by atoms with Crippen LogP contribution in [0, 0.1) is 5.92 Å². The average Bonchev–Trinajstić information content (AvgIpc) is 2.85. The molecule has 1 N–H and O–H groups in total. The first kappa shape index (κ1) is 23.1. The second-order valence-electron chi connectivity index (χ2n) is 8.17. The molecule has 34 heavy (non-hydrogen) atoms.